The second-order valence-electron chi connectivity index (χ2n) is 5.74. The highest BCUT2D eigenvalue weighted by molar-refractivity contribution is 6.06. The first kappa shape index (κ1) is 18.2. The molecule has 0 aliphatic heterocycles. The van der Waals surface area contributed by atoms with Crippen LogP contribution in [0.4, 0.5) is 11.4 Å². The Bertz CT molecular complexity index is 931. The Balaban J connectivity index is 1.61. The van der Waals surface area contributed by atoms with Gasteiger partial charge in [-0.05, 0) is 62.4 Å². The van der Waals surface area contributed by atoms with Gasteiger partial charge in [-0.2, -0.15) is 0 Å². The molecule has 1 aromatic heterocycles. The first-order valence-electron chi connectivity index (χ1n) is 8.43. The minimum atomic E-state index is -0.306. The van der Waals surface area contributed by atoms with Gasteiger partial charge in [0.15, 0.2) is 0 Å². The molecule has 0 fully saturated rings. The minimum Gasteiger partial charge on any atom is -0.494 e. The number of hydrogen-bond donors (Lipinski definition) is 2. The van der Waals surface area contributed by atoms with E-state index in [1.807, 2.05) is 6.92 Å². The third-order valence-electron chi connectivity index (χ3n) is 3.82. The summed E-state index contributed by atoms with van der Waals surface area (Å²) in [5.74, 6) is 0.638. The number of amides is 2. The van der Waals surface area contributed by atoms with Gasteiger partial charge in [-0.25, -0.2) is 0 Å². The van der Waals surface area contributed by atoms with E-state index in [0.29, 0.717) is 34.9 Å². The number of carbonyl (C=O) groups excluding carboxylic acids is 2. The van der Waals surface area contributed by atoms with Crippen molar-refractivity contribution in [1.82, 2.24) is 5.16 Å². The number of aryl methyl sites for hydroxylation is 1. The Kier molecular flexibility index (Phi) is 5.51. The minimum absolute atomic E-state index is 0.227. The molecule has 3 rings (SSSR count). The SMILES string of the molecule is CCOc1ccc(C(=O)Nc2ccc(NC(=O)c3cnoc3C)cc2)cc1. The highest BCUT2D eigenvalue weighted by atomic mass is 16.5. The van der Waals surface area contributed by atoms with Crippen molar-refractivity contribution in [2.45, 2.75) is 13.8 Å². The normalized spacial score (nSPS) is 10.3. The Morgan fingerprint density at radius 3 is 2.07 bits per heavy atom. The van der Waals surface area contributed by atoms with Crippen molar-refractivity contribution in [3.8, 4) is 5.75 Å². The monoisotopic (exact) mass is 365 g/mol. The zero-order chi connectivity index (χ0) is 19.2. The molecule has 0 saturated heterocycles. The van der Waals surface area contributed by atoms with E-state index < -0.39 is 0 Å². The lowest BCUT2D eigenvalue weighted by atomic mass is 10.2. The number of nitrogens with one attached hydrogen (secondary N) is 2. The van der Waals surface area contributed by atoms with Gasteiger partial charge in [-0.1, -0.05) is 5.16 Å². The van der Waals surface area contributed by atoms with E-state index in [2.05, 4.69) is 15.8 Å². The highest BCUT2D eigenvalue weighted by Gasteiger charge is 2.13. The molecule has 2 aromatic carbocycles. The van der Waals surface area contributed by atoms with Gasteiger partial charge >= 0.3 is 0 Å². The zero-order valence-electron chi connectivity index (χ0n) is 15.0. The van der Waals surface area contributed by atoms with Crippen molar-refractivity contribution in [1.29, 1.82) is 0 Å². The van der Waals surface area contributed by atoms with Gasteiger partial charge in [0, 0.05) is 16.9 Å². The maximum Gasteiger partial charge on any atom is 0.260 e. The first-order valence-corrected chi connectivity index (χ1v) is 8.43. The van der Waals surface area contributed by atoms with Crippen molar-refractivity contribution >= 4 is 23.2 Å². The van der Waals surface area contributed by atoms with Crippen LogP contribution in [0.2, 0.25) is 0 Å². The molecular formula is C20H19N3O4. The molecule has 0 bridgehead atoms. The van der Waals surface area contributed by atoms with E-state index in [-0.39, 0.29) is 11.8 Å². The summed E-state index contributed by atoms with van der Waals surface area (Å²) in [5.41, 5.74) is 2.12. The third kappa shape index (κ3) is 4.52. The van der Waals surface area contributed by atoms with Crippen LogP contribution in [0, 0.1) is 6.92 Å². The van der Waals surface area contributed by atoms with Crippen molar-refractivity contribution in [2.75, 3.05) is 17.2 Å². The van der Waals surface area contributed by atoms with Crippen LogP contribution < -0.4 is 15.4 Å². The summed E-state index contributed by atoms with van der Waals surface area (Å²) in [6.45, 7) is 4.15. The predicted molar refractivity (Wildman–Crippen MR) is 101 cm³/mol. The van der Waals surface area contributed by atoms with Crippen LogP contribution in [-0.2, 0) is 0 Å². The Morgan fingerprint density at radius 2 is 1.56 bits per heavy atom. The van der Waals surface area contributed by atoms with Gasteiger partial charge < -0.3 is 19.9 Å². The van der Waals surface area contributed by atoms with Crippen LogP contribution in [0.5, 0.6) is 5.75 Å². The molecule has 0 aliphatic carbocycles. The molecular weight excluding hydrogens is 346 g/mol. The number of hydrogen-bond acceptors (Lipinski definition) is 5. The van der Waals surface area contributed by atoms with E-state index >= 15 is 0 Å². The first-order chi connectivity index (χ1) is 13.1. The zero-order valence-corrected chi connectivity index (χ0v) is 15.0. The van der Waals surface area contributed by atoms with Crippen LogP contribution in [0.25, 0.3) is 0 Å². The lowest BCUT2D eigenvalue weighted by Gasteiger charge is -2.08. The molecule has 7 nitrogen and oxygen atoms in total. The van der Waals surface area contributed by atoms with Crippen LogP contribution in [-0.4, -0.2) is 23.6 Å². The molecule has 0 radical (unpaired) electrons. The summed E-state index contributed by atoms with van der Waals surface area (Å²) in [6, 6.07) is 13.7. The fraction of sp³-hybridized carbons (Fsp3) is 0.150. The summed E-state index contributed by atoms with van der Waals surface area (Å²) in [4.78, 5) is 24.4. The fourth-order valence-electron chi connectivity index (χ4n) is 2.42. The maximum atomic E-state index is 12.3. The Morgan fingerprint density at radius 1 is 0.963 bits per heavy atom. The van der Waals surface area contributed by atoms with Crippen molar-refractivity contribution in [2.24, 2.45) is 0 Å². The summed E-state index contributed by atoms with van der Waals surface area (Å²) >= 11 is 0. The standard InChI is InChI=1S/C20H19N3O4/c1-3-26-17-10-4-14(5-11-17)19(24)22-15-6-8-16(9-7-15)23-20(25)18-12-21-27-13(18)2/h4-12H,3H2,1-2H3,(H,22,24)(H,23,25). The van der Waals surface area contributed by atoms with Gasteiger partial charge in [0.2, 0.25) is 0 Å². The summed E-state index contributed by atoms with van der Waals surface area (Å²) in [6.07, 6.45) is 1.37. The molecule has 27 heavy (non-hydrogen) atoms. The molecule has 7 heteroatoms. The van der Waals surface area contributed by atoms with Gasteiger partial charge in [0.25, 0.3) is 11.8 Å². The number of ether oxygens (including phenoxy) is 1. The molecule has 0 atom stereocenters. The molecule has 0 aliphatic rings. The molecule has 2 N–H and O–H groups in total. The fourth-order valence-corrected chi connectivity index (χ4v) is 2.42. The van der Waals surface area contributed by atoms with Crippen LogP contribution in [0.1, 0.15) is 33.4 Å². The van der Waals surface area contributed by atoms with Crippen molar-refractivity contribution in [3.63, 3.8) is 0 Å². The van der Waals surface area contributed by atoms with Gasteiger partial charge in [-0.3, -0.25) is 9.59 Å². The average molecular weight is 365 g/mol. The smallest absolute Gasteiger partial charge is 0.260 e. The van der Waals surface area contributed by atoms with E-state index in [9.17, 15) is 9.59 Å². The molecule has 0 unspecified atom stereocenters. The molecule has 0 saturated carbocycles. The molecule has 1 heterocycles. The Hall–Kier alpha value is -3.61. The van der Waals surface area contributed by atoms with Crippen LogP contribution >= 0.6 is 0 Å². The maximum absolute atomic E-state index is 12.3. The molecule has 138 valence electrons. The largest absolute Gasteiger partial charge is 0.494 e. The number of benzene rings is 2. The highest BCUT2D eigenvalue weighted by Crippen LogP contribution is 2.17. The van der Waals surface area contributed by atoms with Gasteiger partial charge in [0.1, 0.15) is 17.1 Å². The van der Waals surface area contributed by atoms with Crippen LogP contribution in [0.3, 0.4) is 0 Å². The lowest BCUT2D eigenvalue weighted by Crippen LogP contribution is -2.13. The predicted octanol–water partition coefficient (Wildman–Crippen LogP) is 3.89. The third-order valence-corrected chi connectivity index (χ3v) is 3.82. The second kappa shape index (κ2) is 8.18. The van der Waals surface area contributed by atoms with Gasteiger partial charge in [0.05, 0.1) is 12.8 Å². The summed E-state index contributed by atoms with van der Waals surface area (Å²) in [7, 11) is 0. The van der Waals surface area contributed by atoms with E-state index in [1.165, 1.54) is 6.20 Å². The number of anilines is 2. The Labute approximate surface area is 156 Å². The van der Waals surface area contributed by atoms with Crippen LogP contribution in [0.15, 0.2) is 59.3 Å². The van der Waals surface area contributed by atoms with E-state index in [4.69, 9.17) is 9.26 Å². The molecule has 2 amide bonds. The average Bonchev–Trinajstić information content (AvgIpc) is 3.10. The molecule has 0 spiro atoms. The number of nitrogens with zero attached hydrogens (tertiary/aromatic N) is 1. The quantitative estimate of drug-likeness (QED) is 0.691. The second-order valence-corrected chi connectivity index (χ2v) is 5.74. The number of aromatic nitrogens is 1. The molecule has 3 aromatic rings. The number of carbonyl (C=O) groups is 2. The van der Waals surface area contributed by atoms with E-state index in [1.54, 1.807) is 55.5 Å². The lowest BCUT2D eigenvalue weighted by molar-refractivity contribution is 0.101. The topological polar surface area (TPSA) is 93.5 Å². The van der Waals surface area contributed by atoms with Crippen molar-refractivity contribution < 1.29 is 18.8 Å². The van der Waals surface area contributed by atoms with Crippen molar-refractivity contribution in [3.05, 3.63) is 71.6 Å². The number of rotatable bonds is 6. The summed E-state index contributed by atoms with van der Waals surface area (Å²) < 4.78 is 10.2. The van der Waals surface area contributed by atoms with Gasteiger partial charge in [-0.15, -0.1) is 0 Å². The summed E-state index contributed by atoms with van der Waals surface area (Å²) in [5, 5.41) is 9.14. The van der Waals surface area contributed by atoms with E-state index in [0.717, 1.165) is 5.75 Å².